The van der Waals surface area contributed by atoms with Gasteiger partial charge in [-0.15, -0.1) is 0 Å². The maximum absolute atomic E-state index is 5.60. The Hall–Kier alpha value is -0.160. The predicted octanol–water partition coefficient (Wildman–Crippen LogP) is -0.114. The zero-order valence-corrected chi connectivity index (χ0v) is 8.53. The Morgan fingerprint density at radius 3 is 2.62 bits per heavy atom. The van der Waals surface area contributed by atoms with Crippen molar-refractivity contribution in [3.63, 3.8) is 0 Å². The van der Waals surface area contributed by atoms with Crippen LogP contribution in [0, 0.1) is 5.92 Å². The second kappa shape index (κ2) is 5.54. The largest absolute Gasteiger partial charge is 0.355 e. The van der Waals surface area contributed by atoms with Gasteiger partial charge in [-0.3, -0.25) is 4.90 Å². The molecule has 1 aliphatic rings. The highest BCUT2D eigenvalue weighted by Gasteiger charge is 2.23. The van der Waals surface area contributed by atoms with Gasteiger partial charge in [0.05, 0.1) is 0 Å². The molecule has 1 unspecified atom stereocenters. The fourth-order valence-corrected chi connectivity index (χ4v) is 1.73. The van der Waals surface area contributed by atoms with E-state index in [1.165, 1.54) is 6.42 Å². The van der Waals surface area contributed by atoms with Crippen LogP contribution in [-0.4, -0.2) is 51.6 Å². The van der Waals surface area contributed by atoms with Gasteiger partial charge in [0.1, 0.15) is 0 Å². The molecule has 0 aromatic heterocycles. The fourth-order valence-electron chi connectivity index (χ4n) is 1.73. The van der Waals surface area contributed by atoms with E-state index in [1.807, 2.05) is 0 Å². The van der Waals surface area contributed by atoms with Crippen LogP contribution in [0.25, 0.3) is 0 Å². The maximum atomic E-state index is 5.60. The summed E-state index contributed by atoms with van der Waals surface area (Å²) < 4.78 is 10.3. The van der Waals surface area contributed by atoms with Crippen LogP contribution in [0.4, 0.5) is 0 Å². The summed E-state index contributed by atoms with van der Waals surface area (Å²) in [5.41, 5.74) is 5.60. The second-order valence-corrected chi connectivity index (χ2v) is 3.55. The lowest BCUT2D eigenvalue weighted by atomic mass is 10.1. The van der Waals surface area contributed by atoms with Gasteiger partial charge in [-0.05, 0) is 25.4 Å². The Kier molecular flexibility index (Phi) is 4.66. The highest BCUT2D eigenvalue weighted by atomic mass is 16.7. The number of hydrogen-bond acceptors (Lipinski definition) is 4. The zero-order chi connectivity index (χ0) is 9.68. The highest BCUT2D eigenvalue weighted by Crippen LogP contribution is 2.15. The van der Waals surface area contributed by atoms with Crippen LogP contribution in [0.3, 0.4) is 0 Å². The topological polar surface area (TPSA) is 47.7 Å². The summed E-state index contributed by atoms with van der Waals surface area (Å²) in [5, 5.41) is 0. The molecule has 2 N–H and O–H groups in total. The standard InChI is InChI=1S/C9H20N2O2/c1-12-9(13-2)7-11-4-3-8(5-10)6-11/h8-9H,3-7,10H2,1-2H3. The van der Waals surface area contributed by atoms with Crippen molar-refractivity contribution in [3.05, 3.63) is 0 Å². The number of ether oxygens (including phenoxy) is 2. The zero-order valence-electron chi connectivity index (χ0n) is 8.53. The third kappa shape index (κ3) is 3.23. The number of nitrogens with two attached hydrogens (primary N) is 1. The van der Waals surface area contributed by atoms with E-state index in [-0.39, 0.29) is 6.29 Å². The van der Waals surface area contributed by atoms with Crippen LogP contribution >= 0.6 is 0 Å². The van der Waals surface area contributed by atoms with Crippen LogP contribution in [-0.2, 0) is 9.47 Å². The van der Waals surface area contributed by atoms with Gasteiger partial charge in [0.25, 0.3) is 0 Å². The van der Waals surface area contributed by atoms with E-state index < -0.39 is 0 Å². The van der Waals surface area contributed by atoms with Crippen molar-refractivity contribution in [2.24, 2.45) is 11.7 Å². The van der Waals surface area contributed by atoms with Crippen LogP contribution in [0.2, 0.25) is 0 Å². The monoisotopic (exact) mass is 188 g/mol. The van der Waals surface area contributed by atoms with Gasteiger partial charge in [0.2, 0.25) is 0 Å². The molecule has 0 radical (unpaired) electrons. The molecule has 1 fully saturated rings. The molecule has 78 valence electrons. The Bertz CT molecular complexity index is 140. The second-order valence-electron chi connectivity index (χ2n) is 3.55. The quantitative estimate of drug-likeness (QED) is 0.611. The molecular weight excluding hydrogens is 168 g/mol. The molecule has 1 saturated heterocycles. The summed E-state index contributed by atoms with van der Waals surface area (Å²) >= 11 is 0. The number of nitrogens with zero attached hydrogens (tertiary/aromatic N) is 1. The summed E-state index contributed by atoms with van der Waals surface area (Å²) in [6, 6.07) is 0. The van der Waals surface area contributed by atoms with E-state index in [4.69, 9.17) is 15.2 Å². The summed E-state index contributed by atoms with van der Waals surface area (Å²) in [6.45, 7) is 3.84. The van der Waals surface area contributed by atoms with Crippen molar-refractivity contribution in [1.29, 1.82) is 0 Å². The minimum Gasteiger partial charge on any atom is -0.355 e. The first-order valence-electron chi connectivity index (χ1n) is 4.78. The number of methoxy groups -OCH3 is 2. The minimum atomic E-state index is -0.100. The Morgan fingerprint density at radius 1 is 1.46 bits per heavy atom. The molecule has 1 heterocycles. The van der Waals surface area contributed by atoms with Gasteiger partial charge < -0.3 is 15.2 Å². The van der Waals surface area contributed by atoms with E-state index in [9.17, 15) is 0 Å². The first kappa shape index (κ1) is 10.9. The maximum Gasteiger partial charge on any atom is 0.169 e. The van der Waals surface area contributed by atoms with Gasteiger partial charge >= 0.3 is 0 Å². The molecule has 4 heteroatoms. The number of likely N-dealkylation sites (tertiary alicyclic amines) is 1. The van der Waals surface area contributed by atoms with Crippen molar-refractivity contribution >= 4 is 0 Å². The lowest BCUT2D eigenvalue weighted by Crippen LogP contribution is -2.33. The minimum absolute atomic E-state index is 0.100. The Balaban J connectivity index is 2.22. The van der Waals surface area contributed by atoms with Gasteiger partial charge in [-0.25, -0.2) is 0 Å². The van der Waals surface area contributed by atoms with Gasteiger partial charge in [-0.2, -0.15) is 0 Å². The van der Waals surface area contributed by atoms with Crippen molar-refractivity contribution < 1.29 is 9.47 Å². The third-order valence-electron chi connectivity index (χ3n) is 2.64. The summed E-state index contributed by atoms with van der Waals surface area (Å²) in [6.07, 6.45) is 1.10. The molecule has 0 aromatic rings. The summed E-state index contributed by atoms with van der Waals surface area (Å²) in [5.74, 6) is 0.661. The van der Waals surface area contributed by atoms with Crippen LogP contribution in [0.15, 0.2) is 0 Å². The van der Waals surface area contributed by atoms with E-state index in [0.29, 0.717) is 5.92 Å². The normalized spacial score (nSPS) is 24.5. The number of hydrogen-bond donors (Lipinski definition) is 1. The van der Waals surface area contributed by atoms with Crippen molar-refractivity contribution in [2.45, 2.75) is 12.7 Å². The Labute approximate surface area is 80.0 Å². The first-order valence-corrected chi connectivity index (χ1v) is 4.78. The molecule has 4 nitrogen and oxygen atoms in total. The molecule has 0 saturated carbocycles. The lowest BCUT2D eigenvalue weighted by Gasteiger charge is -2.21. The third-order valence-corrected chi connectivity index (χ3v) is 2.64. The summed E-state index contributed by atoms with van der Waals surface area (Å²) in [4.78, 5) is 2.34. The van der Waals surface area contributed by atoms with E-state index in [1.54, 1.807) is 14.2 Å². The van der Waals surface area contributed by atoms with Crippen LogP contribution in [0.1, 0.15) is 6.42 Å². The average molecular weight is 188 g/mol. The van der Waals surface area contributed by atoms with Gasteiger partial charge in [-0.1, -0.05) is 0 Å². The van der Waals surface area contributed by atoms with E-state index >= 15 is 0 Å². The van der Waals surface area contributed by atoms with Crippen molar-refractivity contribution in [1.82, 2.24) is 4.90 Å². The Morgan fingerprint density at radius 2 is 2.15 bits per heavy atom. The van der Waals surface area contributed by atoms with Gasteiger partial charge in [0, 0.05) is 27.3 Å². The summed E-state index contributed by atoms with van der Waals surface area (Å²) in [7, 11) is 3.34. The first-order chi connectivity index (χ1) is 6.30. The molecule has 0 spiro atoms. The molecule has 0 aliphatic carbocycles. The van der Waals surface area contributed by atoms with Crippen molar-refractivity contribution in [3.8, 4) is 0 Å². The molecular formula is C9H20N2O2. The smallest absolute Gasteiger partial charge is 0.169 e. The van der Waals surface area contributed by atoms with Crippen LogP contribution < -0.4 is 5.73 Å². The van der Waals surface area contributed by atoms with Crippen molar-refractivity contribution in [2.75, 3.05) is 40.4 Å². The van der Waals surface area contributed by atoms with E-state index in [2.05, 4.69) is 4.90 Å². The van der Waals surface area contributed by atoms with Crippen LogP contribution in [0.5, 0.6) is 0 Å². The SMILES string of the molecule is COC(CN1CCC(CN)C1)OC. The highest BCUT2D eigenvalue weighted by molar-refractivity contribution is 4.76. The van der Waals surface area contributed by atoms with Gasteiger partial charge in [0.15, 0.2) is 6.29 Å². The molecule has 13 heavy (non-hydrogen) atoms. The predicted molar refractivity (Wildman–Crippen MR) is 51.4 cm³/mol. The molecule has 0 aromatic carbocycles. The average Bonchev–Trinajstić information content (AvgIpc) is 2.61. The molecule has 1 atom stereocenters. The molecule has 0 bridgehead atoms. The van der Waals surface area contributed by atoms with E-state index in [0.717, 1.165) is 26.2 Å². The molecule has 1 rings (SSSR count). The fraction of sp³-hybridized carbons (Fsp3) is 1.00. The molecule has 0 amide bonds. The lowest BCUT2D eigenvalue weighted by molar-refractivity contribution is -0.114. The molecule has 1 aliphatic heterocycles. The number of rotatable bonds is 5.